The van der Waals surface area contributed by atoms with Gasteiger partial charge in [0, 0.05) is 11.1 Å². The predicted molar refractivity (Wildman–Crippen MR) is 94.5 cm³/mol. The third-order valence-electron chi connectivity index (χ3n) is 3.54. The van der Waals surface area contributed by atoms with E-state index in [0.717, 1.165) is 16.7 Å². The summed E-state index contributed by atoms with van der Waals surface area (Å²) >= 11 is 0. The van der Waals surface area contributed by atoms with Crippen LogP contribution in [0.1, 0.15) is 22.3 Å². The molecular formula is C21H16N2O. The fraction of sp³-hybridized carbons (Fsp3) is 0.0476. The molecule has 0 spiro atoms. The zero-order valence-corrected chi connectivity index (χ0v) is 13.1. The van der Waals surface area contributed by atoms with Crippen molar-refractivity contribution in [2.45, 2.75) is 6.61 Å². The molecule has 0 saturated carbocycles. The summed E-state index contributed by atoms with van der Waals surface area (Å²) in [5.74, 6) is 0. The van der Waals surface area contributed by atoms with Gasteiger partial charge in [0.15, 0.2) is 0 Å². The monoisotopic (exact) mass is 312 g/mol. The lowest BCUT2D eigenvalue weighted by atomic mass is 10.0. The second-order valence-corrected chi connectivity index (χ2v) is 5.26. The van der Waals surface area contributed by atoms with E-state index in [9.17, 15) is 0 Å². The van der Waals surface area contributed by atoms with E-state index < -0.39 is 0 Å². The van der Waals surface area contributed by atoms with Crippen molar-refractivity contribution in [2.75, 3.05) is 0 Å². The van der Waals surface area contributed by atoms with E-state index in [1.54, 1.807) is 6.07 Å². The highest BCUT2D eigenvalue weighted by Gasteiger charge is 2.08. The van der Waals surface area contributed by atoms with Crippen molar-refractivity contribution < 1.29 is 4.84 Å². The summed E-state index contributed by atoms with van der Waals surface area (Å²) in [6.45, 7) is 0.398. The molecule has 3 heteroatoms. The number of hydrogen-bond donors (Lipinski definition) is 0. The van der Waals surface area contributed by atoms with Crippen molar-refractivity contribution >= 4 is 5.71 Å². The molecular weight excluding hydrogens is 296 g/mol. The zero-order chi connectivity index (χ0) is 16.6. The first-order chi connectivity index (χ1) is 11.9. The standard InChI is InChI=1S/C21H16N2O/c22-15-18-10-7-13-20(14-18)21(19-11-5-2-6-12-19)23-24-16-17-8-3-1-4-9-17/h1-14H,16H2. The second kappa shape index (κ2) is 7.75. The van der Waals surface area contributed by atoms with Gasteiger partial charge in [-0.25, -0.2) is 0 Å². The number of oxime groups is 1. The van der Waals surface area contributed by atoms with Crippen LogP contribution in [0, 0.1) is 11.3 Å². The van der Waals surface area contributed by atoms with Crippen LogP contribution in [0.5, 0.6) is 0 Å². The summed E-state index contributed by atoms with van der Waals surface area (Å²) < 4.78 is 0. The largest absolute Gasteiger partial charge is 0.390 e. The van der Waals surface area contributed by atoms with Crippen molar-refractivity contribution in [1.29, 1.82) is 5.26 Å². The SMILES string of the molecule is N#Cc1cccc(C(=NOCc2ccccc2)c2ccccc2)c1. The van der Waals surface area contributed by atoms with Crippen molar-refractivity contribution in [3.63, 3.8) is 0 Å². The number of nitrogens with zero attached hydrogens (tertiary/aromatic N) is 2. The van der Waals surface area contributed by atoms with Crippen LogP contribution in [-0.4, -0.2) is 5.71 Å². The normalized spacial score (nSPS) is 10.9. The van der Waals surface area contributed by atoms with Crippen molar-refractivity contribution in [3.8, 4) is 6.07 Å². The summed E-state index contributed by atoms with van der Waals surface area (Å²) in [4.78, 5) is 5.57. The minimum absolute atomic E-state index is 0.398. The maximum Gasteiger partial charge on any atom is 0.142 e. The van der Waals surface area contributed by atoms with Crippen LogP contribution < -0.4 is 0 Å². The molecule has 24 heavy (non-hydrogen) atoms. The minimum Gasteiger partial charge on any atom is -0.390 e. The third-order valence-corrected chi connectivity index (χ3v) is 3.54. The molecule has 0 aliphatic carbocycles. The maximum atomic E-state index is 9.12. The molecule has 116 valence electrons. The Kier molecular flexibility index (Phi) is 5.01. The fourth-order valence-electron chi connectivity index (χ4n) is 2.35. The second-order valence-electron chi connectivity index (χ2n) is 5.26. The molecule has 0 unspecified atom stereocenters. The van der Waals surface area contributed by atoms with E-state index in [-0.39, 0.29) is 0 Å². The van der Waals surface area contributed by atoms with Crippen LogP contribution in [0.4, 0.5) is 0 Å². The number of benzene rings is 3. The molecule has 0 bridgehead atoms. The van der Waals surface area contributed by atoms with Gasteiger partial charge in [-0.1, -0.05) is 78.0 Å². The third kappa shape index (κ3) is 3.88. The van der Waals surface area contributed by atoms with E-state index in [0.29, 0.717) is 17.9 Å². The summed E-state index contributed by atoms with van der Waals surface area (Å²) in [7, 11) is 0. The minimum atomic E-state index is 0.398. The van der Waals surface area contributed by atoms with Crippen molar-refractivity contribution in [2.24, 2.45) is 5.16 Å². The van der Waals surface area contributed by atoms with Gasteiger partial charge in [0.05, 0.1) is 11.6 Å². The Morgan fingerprint density at radius 1 is 0.833 bits per heavy atom. The lowest BCUT2D eigenvalue weighted by Crippen LogP contribution is -2.05. The first kappa shape index (κ1) is 15.5. The Morgan fingerprint density at radius 2 is 1.50 bits per heavy atom. The van der Waals surface area contributed by atoms with E-state index >= 15 is 0 Å². The smallest absolute Gasteiger partial charge is 0.142 e. The summed E-state index contributed by atoms with van der Waals surface area (Å²) in [5, 5.41) is 13.5. The fourth-order valence-corrected chi connectivity index (χ4v) is 2.35. The number of rotatable bonds is 5. The highest BCUT2D eigenvalue weighted by atomic mass is 16.6. The highest BCUT2D eigenvalue weighted by molar-refractivity contribution is 6.12. The van der Waals surface area contributed by atoms with Gasteiger partial charge in [-0.2, -0.15) is 5.26 Å². The van der Waals surface area contributed by atoms with Gasteiger partial charge in [0.1, 0.15) is 12.3 Å². The zero-order valence-electron chi connectivity index (χ0n) is 13.1. The molecule has 0 aliphatic rings. The average Bonchev–Trinajstić information content (AvgIpc) is 2.67. The number of nitriles is 1. The number of hydrogen-bond acceptors (Lipinski definition) is 3. The molecule has 0 saturated heterocycles. The Bertz CT molecular complexity index is 865. The van der Waals surface area contributed by atoms with Crippen LogP contribution in [0.25, 0.3) is 0 Å². The molecule has 0 fully saturated rings. The molecule has 0 amide bonds. The van der Waals surface area contributed by atoms with E-state index in [1.807, 2.05) is 78.9 Å². The van der Waals surface area contributed by atoms with Gasteiger partial charge >= 0.3 is 0 Å². The Labute approximate surface area is 141 Å². The van der Waals surface area contributed by atoms with E-state index in [2.05, 4.69) is 11.2 Å². The first-order valence-electron chi connectivity index (χ1n) is 7.66. The Morgan fingerprint density at radius 3 is 2.21 bits per heavy atom. The maximum absolute atomic E-state index is 9.12. The van der Waals surface area contributed by atoms with Crippen LogP contribution in [0.15, 0.2) is 90.1 Å². The first-order valence-corrected chi connectivity index (χ1v) is 7.66. The summed E-state index contributed by atoms with van der Waals surface area (Å²) in [6.07, 6.45) is 0. The molecule has 3 nitrogen and oxygen atoms in total. The van der Waals surface area contributed by atoms with Gasteiger partial charge < -0.3 is 4.84 Å². The topological polar surface area (TPSA) is 45.4 Å². The van der Waals surface area contributed by atoms with Crippen molar-refractivity contribution in [1.82, 2.24) is 0 Å². The molecule has 0 radical (unpaired) electrons. The lowest BCUT2D eigenvalue weighted by Gasteiger charge is -2.08. The molecule has 3 rings (SSSR count). The van der Waals surface area contributed by atoms with E-state index in [1.165, 1.54) is 0 Å². The average molecular weight is 312 g/mol. The van der Waals surface area contributed by atoms with E-state index in [4.69, 9.17) is 10.1 Å². The van der Waals surface area contributed by atoms with Crippen molar-refractivity contribution in [3.05, 3.63) is 107 Å². The van der Waals surface area contributed by atoms with Gasteiger partial charge in [-0.15, -0.1) is 0 Å². The molecule has 3 aromatic rings. The van der Waals surface area contributed by atoms with Crippen LogP contribution in [-0.2, 0) is 11.4 Å². The lowest BCUT2D eigenvalue weighted by molar-refractivity contribution is 0.131. The predicted octanol–water partition coefficient (Wildman–Crippen LogP) is 4.53. The van der Waals surface area contributed by atoms with Crippen LogP contribution in [0.3, 0.4) is 0 Å². The molecule has 0 heterocycles. The van der Waals surface area contributed by atoms with Gasteiger partial charge in [0.2, 0.25) is 0 Å². The summed E-state index contributed by atoms with van der Waals surface area (Å²) in [6, 6.07) is 29.2. The summed E-state index contributed by atoms with van der Waals surface area (Å²) in [5.41, 5.74) is 4.16. The molecule has 0 aromatic heterocycles. The highest BCUT2D eigenvalue weighted by Crippen LogP contribution is 2.14. The quantitative estimate of drug-likeness (QED) is 0.513. The van der Waals surface area contributed by atoms with Gasteiger partial charge in [-0.05, 0) is 17.7 Å². The van der Waals surface area contributed by atoms with Gasteiger partial charge in [-0.3, -0.25) is 0 Å². The molecule has 0 aliphatic heterocycles. The van der Waals surface area contributed by atoms with Gasteiger partial charge in [0.25, 0.3) is 0 Å². The van der Waals surface area contributed by atoms with Crippen LogP contribution in [0.2, 0.25) is 0 Å². The Hall–Kier alpha value is -3.38. The molecule has 0 N–H and O–H groups in total. The van der Waals surface area contributed by atoms with Crippen LogP contribution >= 0.6 is 0 Å². The Balaban J connectivity index is 1.90. The molecule has 3 aromatic carbocycles. The molecule has 0 atom stereocenters.